The minimum Gasteiger partial charge on any atom is -0.507 e. The topological polar surface area (TPSA) is 121 Å². The number of phenols is 2. The van der Waals surface area contributed by atoms with Crippen molar-refractivity contribution in [2.24, 2.45) is 0 Å². The Labute approximate surface area is 221 Å². The Morgan fingerprint density at radius 1 is 1.14 bits per heavy atom. The van der Waals surface area contributed by atoms with E-state index >= 15 is 0 Å². The fourth-order valence-electron chi connectivity index (χ4n) is 3.47. The number of aliphatic hydroxyl groups is 1. The molecular formula is C29H45NO7. The highest BCUT2D eigenvalue weighted by Gasteiger charge is 2.30. The van der Waals surface area contributed by atoms with E-state index in [0.29, 0.717) is 23.7 Å². The van der Waals surface area contributed by atoms with E-state index < -0.39 is 5.95 Å². The number of aliphatic hydroxyl groups excluding tert-OH is 1. The van der Waals surface area contributed by atoms with Gasteiger partial charge in [-0.15, -0.1) is 6.58 Å². The van der Waals surface area contributed by atoms with Crippen molar-refractivity contribution < 1.29 is 34.8 Å². The summed E-state index contributed by atoms with van der Waals surface area (Å²) < 4.78 is 11.2. The van der Waals surface area contributed by atoms with Crippen molar-refractivity contribution in [3.05, 3.63) is 64.6 Å². The standard InChI is InChI=1S/C14H20O2.C10H13NO5.C3H6.C2H6/c1-8-9(2)13-11(10(3)12(8)15)6-7-14(4,5)16-13;1-2-15-9-5-7(3-4-8(9)12)6-10(13)16-11-14;1-3-2;1-2/h15H,6-7H2,1-5H3;3-6,11-14H,2H2,1H3;3H,1H2,2H3;1-2H3/b;10-6+;;. The highest BCUT2D eigenvalue weighted by Crippen LogP contribution is 2.43. The largest absolute Gasteiger partial charge is 0.507 e. The average molecular weight is 520 g/mol. The zero-order valence-electron chi connectivity index (χ0n) is 23.7. The molecule has 0 saturated carbocycles. The molecule has 8 heteroatoms. The van der Waals surface area contributed by atoms with E-state index in [4.69, 9.17) is 19.8 Å². The van der Waals surface area contributed by atoms with Gasteiger partial charge in [-0.2, -0.15) is 0 Å². The third-order valence-electron chi connectivity index (χ3n) is 5.42. The summed E-state index contributed by atoms with van der Waals surface area (Å²) >= 11 is 0. The first-order valence-corrected chi connectivity index (χ1v) is 12.4. The van der Waals surface area contributed by atoms with Gasteiger partial charge in [0.25, 0.3) is 0 Å². The Bertz CT molecular complexity index is 1030. The van der Waals surface area contributed by atoms with E-state index in [0.717, 1.165) is 35.3 Å². The predicted octanol–water partition coefficient (Wildman–Crippen LogP) is 7.20. The smallest absolute Gasteiger partial charge is 0.300 e. The molecule has 37 heavy (non-hydrogen) atoms. The molecule has 208 valence electrons. The van der Waals surface area contributed by atoms with Crippen LogP contribution in [0.5, 0.6) is 23.0 Å². The lowest BCUT2D eigenvalue weighted by molar-refractivity contribution is -0.124. The number of aromatic hydroxyl groups is 2. The van der Waals surface area contributed by atoms with Gasteiger partial charge in [-0.25, -0.2) is 0 Å². The molecule has 0 unspecified atom stereocenters. The Kier molecular flexibility index (Phi) is 14.9. The van der Waals surface area contributed by atoms with Crippen LogP contribution in [0.4, 0.5) is 0 Å². The summed E-state index contributed by atoms with van der Waals surface area (Å²) in [5, 5.41) is 36.7. The Hall–Kier alpha value is -3.36. The van der Waals surface area contributed by atoms with Crippen LogP contribution in [0.1, 0.15) is 75.8 Å². The van der Waals surface area contributed by atoms with Gasteiger partial charge in [0.2, 0.25) is 0 Å². The molecule has 0 fully saturated rings. The van der Waals surface area contributed by atoms with E-state index in [1.54, 1.807) is 19.1 Å². The number of nitrogens with one attached hydrogen (secondary N) is 1. The molecule has 0 aromatic heterocycles. The fraction of sp³-hybridized carbons (Fsp3) is 0.448. The lowest BCUT2D eigenvalue weighted by Crippen LogP contribution is -2.33. The summed E-state index contributed by atoms with van der Waals surface area (Å²) in [5.74, 6) is 1.22. The quantitative estimate of drug-likeness (QED) is 0.160. The Morgan fingerprint density at radius 3 is 2.27 bits per heavy atom. The van der Waals surface area contributed by atoms with E-state index in [1.807, 2.05) is 41.5 Å². The van der Waals surface area contributed by atoms with Crippen LogP contribution in [-0.2, 0) is 11.3 Å². The molecule has 2 aromatic carbocycles. The summed E-state index contributed by atoms with van der Waals surface area (Å²) in [7, 11) is 0. The summed E-state index contributed by atoms with van der Waals surface area (Å²) in [6.07, 6.45) is 4.98. The highest BCUT2D eigenvalue weighted by molar-refractivity contribution is 5.58. The Balaban J connectivity index is 0.000000597. The van der Waals surface area contributed by atoms with Crippen LogP contribution >= 0.6 is 0 Å². The summed E-state index contributed by atoms with van der Waals surface area (Å²) in [6.45, 7) is 21.6. The number of allylic oxidation sites excluding steroid dienone is 1. The van der Waals surface area contributed by atoms with Gasteiger partial charge in [0.1, 0.15) is 17.1 Å². The van der Waals surface area contributed by atoms with Crippen molar-refractivity contribution in [2.75, 3.05) is 6.61 Å². The Morgan fingerprint density at radius 2 is 1.73 bits per heavy atom. The lowest BCUT2D eigenvalue weighted by atomic mass is 9.88. The normalized spacial score (nSPS) is 13.1. The second-order valence-corrected chi connectivity index (χ2v) is 8.64. The molecule has 0 amide bonds. The number of hydrogen-bond acceptors (Lipinski definition) is 8. The first kappa shape index (κ1) is 33.6. The number of benzene rings is 2. The van der Waals surface area contributed by atoms with E-state index in [9.17, 15) is 10.2 Å². The van der Waals surface area contributed by atoms with Crippen LogP contribution in [0.3, 0.4) is 0 Å². The van der Waals surface area contributed by atoms with Gasteiger partial charge in [-0.1, -0.05) is 26.0 Å². The van der Waals surface area contributed by atoms with Gasteiger partial charge in [0.05, 0.1) is 6.61 Å². The number of hydrogen-bond donors (Lipinski definition) is 5. The maximum atomic E-state index is 10.0. The van der Waals surface area contributed by atoms with Crippen molar-refractivity contribution in [2.45, 2.75) is 80.8 Å². The van der Waals surface area contributed by atoms with Crippen molar-refractivity contribution in [3.8, 4) is 23.0 Å². The SMILES string of the molecule is C=CC.CC.CCOc1cc(/C=C(\O)ONO)ccc1O.Cc1c(C)c2c(c(C)c1O)CCC(C)(C)O2. The number of rotatable bonds is 5. The third kappa shape index (κ3) is 10.3. The molecule has 5 N–H and O–H groups in total. The van der Waals surface area contributed by atoms with Gasteiger partial charge in [0, 0.05) is 11.6 Å². The van der Waals surface area contributed by atoms with E-state index in [1.165, 1.54) is 29.4 Å². The monoisotopic (exact) mass is 519 g/mol. The lowest BCUT2D eigenvalue weighted by Gasteiger charge is -2.35. The molecule has 8 nitrogen and oxygen atoms in total. The minimum atomic E-state index is -0.518. The number of phenolic OH excluding ortho intramolecular Hbond substituents is 2. The molecule has 0 aliphatic carbocycles. The molecule has 0 radical (unpaired) electrons. The maximum Gasteiger partial charge on any atom is 0.300 e. The molecule has 2 aromatic rings. The average Bonchev–Trinajstić information content (AvgIpc) is 2.85. The molecule has 1 aliphatic heterocycles. The molecule has 0 bridgehead atoms. The van der Waals surface area contributed by atoms with Crippen LogP contribution in [0.2, 0.25) is 0 Å². The highest BCUT2D eigenvalue weighted by atomic mass is 16.9. The van der Waals surface area contributed by atoms with Crippen LogP contribution in [-0.4, -0.2) is 32.7 Å². The van der Waals surface area contributed by atoms with Gasteiger partial charge < -0.3 is 29.6 Å². The van der Waals surface area contributed by atoms with Gasteiger partial charge >= 0.3 is 5.95 Å². The fourth-order valence-corrected chi connectivity index (χ4v) is 3.47. The molecule has 0 saturated heterocycles. The minimum absolute atomic E-state index is 0.0136. The first-order chi connectivity index (χ1) is 17.4. The zero-order valence-corrected chi connectivity index (χ0v) is 23.7. The second-order valence-electron chi connectivity index (χ2n) is 8.64. The number of fused-ring (bicyclic) bond motifs is 1. The summed E-state index contributed by atoms with van der Waals surface area (Å²) in [6, 6.07) is 4.50. The predicted molar refractivity (Wildman–Crippen MR) is 148 cm³/mol. The van der Waals surface area contributed by atoms with Crippen LogP contribution in [0.25, 0.3) is 6.08 Å². The molecule has 0 atom stereocenters. The van der Waals surface area contributed by atoms with E-state index in [-0.39, 0.29) is 11.4 Å². The van der Waals surface area contributed by atoms with Gasteiger partial charge in [0.15, 0.2) is 11.5 Å². The zero-order chi connectivity index (χ0) is 28.8. The molecule has 3 rings (SSSR count). The van der Waals surface area contributed by atoms with Crippen LogP contribution in [0, 0.1) is 20.8 Å². The van der Waals surface area contributed by atoms with Crippen molar-refractivity contribution in [1.82, 2.24) is 5.64 Å². The summed E-state index contributed by atoms with van der Waals surface area (Å²) in [5.41, 5.74) is 5.97. The molecular weight excluding hydrogens is 474 g/mol. The van der Waals surface area contributed by atoms with Crippen LogP contribution < -0.4 is 15.1 Å². The van der Waals surface area contributed by atoms with E-state index in [2.05, 4.69) is 25.3 Å². The third-order valence-corrected chi connectivity index (χ3v) is 5.42. The molecule has 0 spiro atoms. The van der Waals surface area contributed by atoms with Crippen molar-refractivity contribution in [1.29, 1.82) is 0 Å². The van der Waals surface area contributed by atoms with Gasteiger partial charge in [-0.3, -0.25) is 5.21 Å². The number of ether oxygens (including phenoxy) is 2. The summed E-state index contributed by atoms with van der Waals surface area (Å²) in [4.78, 5) is 4.19. The molecule has 1 heterocycles. The van der Waals surface area contributed by atoms with Crippen molar-refractivity contribution >= 4 is 6.08 Å². The molecule has 1 aliphatic rings. The van der Waals surface area contributed by atoms with Crippen LogP contribution in [0.15, 0.2) is 36.8 Å². The second kappa shape index (κ2) is 16.4. The first-order valence-electron chi connectivity index (χ1n) is 12.4. The maximum absolute atomic E-state index is 10.0. The van der Waals surface area contributed by atoms with Gasteiger partial charge in [-0.05, 0) is 101 Å². The van der Waals surface area contributed by atoms with Crippen molar-refractivity contribution in [3.63, 3.8) is 0 Å².